The Balaban J connectivity index is 2.09. The molecule has 0 aliphatic carbocycles. The number of aromatic nitrogens is 1. The van der Waals surface area contributed by atoms with Gasteiger partial charge in [0.05, 0.1) is 0 Å². The van der Waals surface area contributed by atoms with Crippen molar-refractivity contribution < 1.29 is 4.39 Å². The molecule has 1 aromatic carbocycles. The standard InChI is InChI=1S/C13H13FN2/c1-10(11-5-7-12(14)8-6-11)16-13-4-2-3-9-15-13/h2-10H,1H3,(H,15,16)/t10-/m0/s1. The Morgan fingerprint density at radius 1 is 1.12 bits per heavy atom. The number of pyridine rings is 1. The van der Waals surface area contributed by atoms with Gasteiger partial charge in [0, 0.05) is 12.2 Å². The number of hydrogen-bond acceptors (Lipinski definition) is 2. The molecule has 2 nitrogen and oxygen atoms in total. The van der Waals surface area contributed by atoms with Crippen molar-refractivity contribution in [3.8, 4) is 0 Å². The van der Waals surface area contributed by atoms with Crippen LogP contribution in [0.25, 0.3) is 0 Å². The maximum atomic E-state index is 12.7. The van der Waals surface area contributed by atoms with Crippen LogP contribution in [0.1, 0.15) is 18.5 Å². The van der Waals surface area contributed by atoms with Crippen LogP contribution < -0.4 is 5.32 Å². The van der Waals surface area contributed by atoms with Gasteiger partial charge in [-0.15, -0.1) is 0 Å². The molecule has 0 aliphatic heterocycles. The van der Waals surface area contributed by atoms with E-state index in [1.54, 1.807) is 18.3 Å². The summed E-state index contributed by atoms with van der Waals surface area (Å²) in [5.74, 6) is 0.605. The number of hydrogen-bond donors (Lipinski definition) is 1. The van der Waals surface area contributed by atoms with E-state index in [0.717, 1.165) is 11.4 Å². The molecule has 0 unspecified atom stereocenters. The third kappa shape index (κ3) is 2.57. The first kappa shape index (κ1) is 10.6. The van der Waals surface area contributed by atoms with Gasteiger partial charge in [0.1, 0.15) is 11.6 Å². The molecular weight excluding hydrogens is 203 g/mol. The zero-order chi connectivity index (χ0) is 11.4. The normalized spacial score (nSPS) is 12.1. The maximum Gasteiger partial charge on any atom is 0.126 e. The van der Waals surface area contributed by atoms with Crippen LogP contribution in [0.15, 0.2) is 48.7 Å². The third-order valence-corrected chi connectivity index (χ3v) is 2.40. The van der Waals surface area contributed by atoms with Crippen LogP contribution in [0.3, 0.4) is 0 Å². The Hall–Kier alpha value is -1.90. The molecule has 1 atom stereocenters. The molecule has 0 amide bonds. The monoisotopic (exact) mass is 216 g/mol. The lowest BCUT2D eigenvalue weighted by atomic mass is 10.1. The Bertz CT molecular complexity index is 439. The Labute approximate surface area is 94.2 Å². The number of nitrogens with zero attached hydrogens (tertiary/aromatic N) is 1. The molecule has 0 radical (unpaired) electrons. The highest BCUT2D eigenvalue weighted by Crippen LogP contribution is 2.17. The molecule has 2 aromatic rings. The number of rotatable bonds is 3. The molecule has 0 spiro atoms. The summed E-state index contributed by atoms with van der Waals surface area (Å²) in [7, 11) is 0. The first-order valence-corrected chi connectivity index (χ1v) is 5.19. The zero-order valence-corrected chi connectivity index (χ0v) is 9.02. The first-order valence-electron chi connectivity index (χ1n) is 5.19. The van der Waals surface area contributed by atoms with Gasteiger partial charge in [-0.25, -0.2) is 9.37 Å². The molecule has 82 valence electrons. The molecule has 2 rings (SSSR count). The van der Waals surface area contributed by atoms with E-state index in [0.29, 0.717) is 0 Å². The van der Waals surface area contributed by atoms with Gasteiger partial charge in [0.15, 0.2) is 0 Å². The molecule has 16 heavy (non-hydrogen) atoms. The summed E-state index contributed by atoms with van der Waals surface area (Å²) in [4.78, 5) is 4.18. The zero-order valence-electron chi connectivity index (χ0n) is 9.02. The van der Waals surface area contributed by atoms with Crippen molar-refractivity contribution >= 4 is 5.82 Å². The van der Waals surface area contributed by atoms with Gasteiger partial charge in [0.25, 0.3) is 0 Å². The van der Waals surface area contributed by atoms with Gasteiger partial charge < -0.3 is 5.32 Å². The molecule has 1 aromatic heterocycles. The lowest BCUT2D eigenvalue weighted by Gasteiger charge is -2.14. The van der Waals surface area contributed by atoms with Gasteiger partial charge in [0.2, 0.25) is 0 Å². The molecule has 0 saturated carbocycles. The minimum atomic E-state index is -0.214. The second kappa shape index (κ2) is 4.75. The minimum Gasteiger partial charge on any atom is -0.364 e. The lowest BCUT2D eigenvalue weighted by Crippen LogP contribution is -2.07. The fraction of sp³-hybridized carbons (Fsp3) is 0.154. The molecule has 1 heterocycles. The van der Waals surface area contributed by atoms with E-state index in [-0.39, 0.29) is 11.9 Å². The molecular formula is C13H13FN2. The van der Waals surface area contributed by atoms with Crippen LogP contribution in [0.2, 0.25) is 0 Å². The average Bonchev–Trinajstić information content (AvgIpc) is 2.31. The van der Waals surface area contributed by atoms with E-state index in [1.807, 2.05) is 25.1 Å². The van der Waals surface area contributed by atoms with Crippen molar-refractivity contribution in [3.05, 3.63) is 60.0 Å². The van der Waals surface area contributed by atoms with Crippen molar-refractivity contribution in [2.75, 3.05) is 5.32 Å². The predicted octanol–water partition coefficient (Wildman–Crippen LogP) is 3.39. The van der Waals surface area contributed by atoms with Gasteiger partial charge in [-0.3, -0.25) is 0 Å². The van der Waals surface area contributed by atoms with Gasteiger partial charge in [-0.2, -0.15) is 0 Å². The van der Waals surface area contributed by atoms with Gasteiger partial charge >= 0.3 is 0 Å². The Morgan fingerprint density at radius 2 is 1.88 bits per heavy atom. The number of nitrogens with one attached hydrogen (secondary N) is 1. The van der Waals surface area contributed by atoms with Crippen molar-refractivity contribution in [1.29, 1.82) is 0 Å². The molecule has 0 fully saturated rings. The van der Waals surface area contributed by atoms with E-state index in [9.17, 15) is 4.39 Å². The fourth-order valence-corrected chi connectivity index (χ4v) is 1.50. The third-order valence-electron chi connectivity index (χ3n) is 2.40. The molecule has 3 heteroatoms. The van der Waals surface area contributed by atoms with Crippen LogP contribution in [-0.2, 0) is 0 Å². The largest absolute Gasteiger partial charge is 0.364 e. The highest BCUT2D eigenvalue weighted by atomic mass is 19.1. The van der Waals surface area contributed by atoms with Crippen LogP contribution in [-0.4, -0.2) is 4.98 Å². The Kier molecular flexibility index (Phi) is 3.15. The van der Waals surface area contributed by atoms with Gasteiger partial charge in [-0.1, -0.05) is 18.2 Å². The van der Waals surface area contributed by atoms with Crippen molar-refractivity contribution in [1.82, 2.24) is 4.98 Å². The highest BCUT2D eigenvalue weighted by Gasteiger charge is 2.05. The smallest absolute Gasteiger partial charge is 0.126 e. The topological polar surface area (TPSA) is 24.9 Å². The van der Waals surface area contributed by atoms with Crippen LogP contribution in [0.4, 0.5) is 10.2 Å². The molecule has 1 N–H and O–H groups in total. The summed E-state index contributed by atoms with van der Waals surface area (Å²) in [5, 5.41) is 3.24. The van der Waals surface area contributed by atoms with E-state index >= 15 is 0 Å². The summed E-state index contributed by atoms with van der Waals surface area (Å²) in [6.45, 7) is 2.02. The van der Waals surface area contributed by atoms with Crippen molar-refractivity contribution in [2.24, 2.45) is 0 Å². The lowest BCUT2D eigenvalue weighted by molar-refractivity contribution is 0.626. The van der Waals surface area contributed by atoms with Gasteiger partial charge in [-0.05, 0) is 36.8 Å². The maximum absolute atomic E-state index is 12.7. The number of benzene rings is 1. The summed E-state index contributed by atoms with van der Waals surface area (Å²) in [6.07, 6.45) is 1.74. The van der Waals surface area contributed by atoms with E-state index < -0.39 is 0 Å². The fourth-order valence-electron chi connectivity index (χ4n) is 1.50. The highest BCUT2D eigenvalue weighted by molar-refractivity contribution is 5.37. The number of anilines is 1. The number of halogens is 1. The molecule has 0 saturated heterocycles. The van der Waals surface area contributed by atoms with Crippen molar-refractivity contribution in [2.45, 2.75) is 13.0 Å². The van der Waals surface area contributed by atoms with Crippen LogP contribution in [0.5, 0.6) is 0 Å². The second-order valence-electron chi connectivity index (χ2n) is 3.63. The predicted molar refractivity (Wildman–Crippen MR) is 62.7 cm³/mol. The first-order chi connectivity index (χ1) is 7.75. The van der Waals surface area contributed by atoms with Crippen LogP contribution in [0, 0.1) is 5.82 Å². The Morgan fingerprint density at radius 3 is 2.50 bits per heavy atom. The summed E-state index contributed by atoms with van der Waals surface area (Å²) in [6, 6.07) is 12.3. The summed E-state index contributed by atoms with van der Waals surface area (Å²) >= 11 is 0. The second-order valence-corrected chi connectivity index (χ2v) is 3.63. The van der Waals surface area contributed by atoms with E-state index in [1.165, 1.54) is 12.1 Å². The van der Waals surface area contributed by atoms with E-state index in [2.05, 4.69) is 10.3 Å². The average molecular weight is 216 g/mol. The summed E-state index contributed by atoms with van der Waals surface area (Å²) in [5.41, 5.74) is 1.03. The SMILES string of the molecule is C[C@H](Nc1ccccn1)c1ccc(F)cc1. The minimum absolute atomic E-state index is 0.107. The van der Waals surface area contributed by atoms with Crippen molar-refractivity contribution in [3.63, 3.8) is 0 Å². The quantitative estimate of drug-likeness (QED) is 0.850. The van der Waals surface area contributed by atoms with Crippen LogP contribution >= 0.6 is 0 Å². The molecule has 0 aliphatic rings. The van der Waals surface area contributed by atoms with E-state index in [4.69, 9.17) is 0 Å². The summed E-state index contributed by atoms with van der Waals surface area (Å²) < 4.78 is 12.7. The molecule has 0 bridgehead atoms.